The van der Waals surface area contributed by atoms with Gasteiger partial charge in [0.15, 0.2) is 0 Å². The van der Waals surface area contributed by atoms with Gasteiger partial charge in [-0.1, -0.05) is 0 Å². The van der Waals surface area contributed by atoms with Crippen LogP contribution in [0, 0.1) is 0 Å². The molecule has 0 bridgehead atoms. The Morgan fingerprint density at radius 1 is 1.45 bits per heavy atom. The first-order valence-corrected chi connectivity index (χ1v) is 6.96. The fourth-order valence-electron chi connectivity index (χ4n) is 2.76. The van der Waals surface area contributed by atoms with Crippen LogP contribution in [0.1, 0.15) is 38.3 Å². The lowest BCUT2D eigenvalue weighted by atomic mass is 9.88. The van der Waals surface area contributed by atoms with Gasteiger partial charge < -0.3 is 10.0 Å². The minimum atomic E-state index is -1.05. The van der Waals surface area contributed by atoms with Gasteiger partial charge in [0.2, 0.25) is 5.91 Å². The van der Waals surface area contributed by atoms with Crippen molar-refractivity contribution in [2.75, 3.05) is 6.54 Å². The average Bonchev–Trinajstić information content (AvgIpc) is 2.82. The molecule has 20 heavy (non-hydrogen) atoms. The highest BCUT2D eigenvalue weighted by molar-refractivity contribution is 5.87. The molecule has 1 atom stereocenters. The fourth-order valence-corrected chi connectivity index (χ4v) is 2.76. The van der Waals surface area contributed by atoms with Crippen LogP contribution in [0.25, 0.3) is 0 Å². The summed E-state index contributed by atoms with van der Waals surface area (Å²) in [5, 5.41) is 13.5. The van der Waals surface area contributed by atoms with E-state index in [1.165, 1.54) is 4.90 Å². The molecule has 0 saturated carbocycles. The minimum absolute atomic E-state index is 0.0872. The summed E-state index contributed by atoms with van der Waals surface area (Å²) in [6.45, 7) is 2.18. The lowest BCUT2D eigenvalue weighted by Gasteiger charge is -2.41. The Balaban J connectivity index is 2.03. The van der Waals surface area contributed by atoms with Crippen LogP contribution in [0.15, 0.2) is 12.3 Å². The lowest BCUT2D eigenvalue weighted by molar-refractivity contribution is -0.161. The molecule has 1 saturated heterocycles. The number of carboxylic acid groups (broad SMARTS) is 1. The van der Waals surface area contributed by atoms with Gasteiger partial charge in [-0.2, -0.15) is 5.10 Å². The SMILES string of the molecule is Cn1nccc1CCC(=O)N1CCCCC1(C)C(=O)O. The van der Waals surface area contributed by atoms with E-state index in [-0.39, 0.29) is 5.91 Å². The van der Waals surface area contributed by atoms with Crippen LogP contribution in [-0.2, 0) is 23.1 Å². The van der Waals surface area contributed by atoms with Crippen molar-refractivity contribution in [1.29, 1.82) is 0 Å². The van der Waals surface area contributed by atoms with E-state index in [9.17, 15) is 14.7 Å². The maximum absolute atomic E-state index is 12.4. The topological polar surface area (TPSA) is 75.4 Å². The summed E-state index contributed by atoms with van der Waals surface area (Å²) < 4.78 is 1.74. The molecule has 0 radical (unpaired) electrons. The molecule has 2 heterocycles. The zero-order chi connectivity index (χ0) is 14.8. The molecule has 1 amide bonds. The molecule has 6 nitrogen and oxygen atoms in total. The Morgan fingerprint density at radius 3 is 2.80 bits per heavy atom. The molecule has 1 aliphatic rings. The van der Waals surface area contributed by atoms with Crippen LogP contribution in [0.2, 0.25) is 0 Å². The molecule has 1 aromatic rings. The summed E-state index contributed by atoms with van der Waals surface area (Å²) in [6, 6.07) is 1.87. The third-order valence-electron chi connectivity index (χ3n) is 4.17. The van der Waals surface area contributed by atoms with E-state index in [1.807, 2.05) is 13.1 Å². The standard InChI is InChI=1S/C14H21N3O3/c1-14(13(19)20)8-3-4-10-17(14)12(18)6-5-11-7-9-15-16(11)2/h7,9H,3-6,8,10H2,1-2H3,(H,19,20). The number of nitrogens with zero attached hydrogens (tertiary/aromatic N) is 3. The van der Waals surface area contributed by atoms with E-state index in [0.29, 0.717) is 25.8 Å². The van der Waals surface area contributed by atoms with Crippen molar-refractivity contribution in [3.05, 3.63) is 18.0 Å². The van der Waals surface area contributed by atoms with E-state index in [0.717, 1.165) is 18.5 Å². The molecule has 0 spiro atoms. The van der Waals surface area contributed by atoms with Gasteiger partial charge in [0.05, 0.1) is 0 Å². The van der Waals surface area contributed by atoms with Crippen LogP contribution in [0.5, 0.6) is 0 Å². The van der Waals surface area contributed by atoms with Crippen LogP contribution in [-0.4, -0.2) is 43.7 Å². The smallest absolute Gasteiger partial charge is 0.329 e. The highest BCUT2D eigenvalue weighted by atomic mass is 16.4. The Kier molecular flexibility index (Phi) is 4.11. The summed E-state index contributed by atoms with van der Waals surface area (Å²) in [5.41, 5.74) is -0.0747. The second-order valence-electron chi connectivity index (χ2n) is 5.53. The van der Waals surface area contributed by atoms with Crippen LogP contribution >= 0.6 is 0 Å². The molecule has 1 aromatic heterocycles. The third kappa shape index (κ3) is 2.69. The first kappa shape index (κ1) is 14.6. The number of piperidine rings is 1. The predicted molar refractivity (Wildman–Crippen MR) is 73.1 cm³/mol. The summed E-state index contributed by atoms with van der Waals surface area (Å²) in [7, 11) is 1.84. The maximum atomic E-state index is 12.4. The number of hydrogen-bond acceptors (Lipinski definition) is 3. The normalized spacial score (nSPS) is 22.8. The molecule has 6 heteroatoms. The molecule has 1 N–H and O–H groups in total. The number of amides is 1. The molecular weight excluding hydrogens is 258 g/mol. The van der Waals surface area contributed by atoms with Crippen molar-refractivity contribution >= 4 is 11.9 Å². The molecular formula is C14H21N3O3. The average molecular weight is 279 g/mol. The molecule has 0 aliphatic carbocycles. The number of likely N-dealkylation sites (tertiary alicyclic amines) is 1. The van der Waals surface area contributed by atoms with E-state index in [2.05, 4.69) is 5.10 Å². The Hall–Kier alpha value is -1.85. The highest BCUT2D eigenvalue weighted by Crippen LogP contribution is 2.29. The number of aryl methyl sites for hydroxylation is 2. The number of hydrogen-bond donors (Lipinski definition) is 1. The molecule has 110 valence electrons. The second-order valence-corrected chi connectivity index (χ2v) is 5.53. The monoisotopic (exact) mass is 279 g/mol. The fraction of sp³-hybridized carbons (Fsp3) is 0.643. The van der Waals surface area contributed by atoms with Crippen molar-refractivity contribution in [3.8, 4) is 0 Å². The zero-order valence-corrected chi connectivity index (χ0v) is 12.0. The summed E-state index contributed by atoms with van der Waals surface area (Å²) in [5.74, 6) is -0.998. The van der Waals surface area contributed by atoms with Crippen LogP contribution < -0.4 is 0 Å². The lowest BCUT2D eigenvalue weighted by Crippen LogP contribution is -2.57. The molecule has 1 aliphatic heterocycles. The van der Waals surface area contributed by atoms with Gasteiger partial charge in [0.1, 0.15) is 5.54 Å². The number of aromatic nitrogens is 2. The van der Waals surface area contributed by atoms with Gasteiger partial charge in [-0.3, -0.25) is 9.48 Å². The summed E-state index contributed by atoms with van der Waals surface area (Å²) in [6.07, 6.45) is 4.86. The molecule has 2 rings (SSSR count). The first-order chi connectivity index (χ1) is 9.45. The number of carbonyl (C=O) groups excluding carboxylic acids is 1. The Labute approximate surface area is 118 Å². The van der Waals surface area contributed by atoms with E-state index < -0.39 is 11.5 Å². The van der Waals surface area contributed by atoms with Crippen molar-refractivity contribution in [2.24, 2.45) is 7.05 Å². The Morgan fingerprint density at radius 2 is 2.20 bits per heavy atom. The largest absolute Gasteiger partial charge is 0.480 e. The van der Waals surface area contributed by atoms with Crippen molar-refractivity contribution in [1.82, 2.24) is 14.7 Å². The van der Waals surface area contributed by atoms with Crippen LogP contribution in [0.3, 0.4) is 0 Å². The van der Waals surface area contributed by atoms with Gasteiger partial charge in [-0.05, 0) is 38.7 Å². The zero-order valence-electron chi connectivity index (χ0n) is 12.0. The first-order valence-electron chi connectivity index (χ1n) is 6.96. The molecule has 1 fully saturated rings. The van der Waals surface area contributed by atoms with Gasteiger partial charge in [-0.15, -0.1) is 0 Å². The number of aliphatic carboxylic acids is 1. The van der Waals surface area contributed by atoms with Gasteiger partial charge in [-0.25, -0.2) is 4.79 Å². The third-order valence-corrected chi connectivity index (χ3v) is 4.17. The summed E-state index contributed by atoms with van der Waals surface area (Å²) in [4.78, 5) is 25.4. The quantitative estimate of drug-likeness (QED) is 0.899. The van der Waals surface area contributed by atoms with E-state index >= 15 is 0 Å². The van der Waals surface area contributed by atoms with Gasteiger partial charge in [0, 0.05) is 31.9 Å². The number of carboxylic acids is 1. The predicted octanol–water partition coefficient (Wildman–Crippen LogP) is 1.21. The Bertz CT molecular complexity index is 512. The van der Waals surface area contributed by atoms with Crippen molar-refractivity contribution in [3.63, 3.8) is 0 Å². The highest BCUT2D eigenvalue weighted by Gasteiger charge is 2.43. The minimum Gasteiger partial charge on any atom is -0.480 e. The van der Waals surface area contributed by atoms with E-state index in [1.54, 1.807) is 17.8 Å². The van der Waals surface area contributed by atoms with Gasteiger partial charge >= 0.3 is 5.97 Å². The number of rotatable bonds is 4. The molecule has 1 unspecified atom stereocenters. The summed E-state index contributed by atoms with van der Waals surface area (Å²) >= 11 is 0. The van der Waals surface area contributed by atoms with Crippen LogP contribution in [0.4, 0.5) is 0 Å². The number of carbonyl (C=O) groups is 2. The van der Waals surface area contributed by atoms with E-state index in [4.69, 9.17) is 0 Å². The van der Waals surface area contributed by atoms with Crippen molar-refractivity contribution in [2.45, 2.75) is 44.6 Å². The maximum Gasteiger partial charge on any atom is 0.329 e. The van der Waals surface area contributed by atoms with Crippen molar-refractivity contribution < 1.29 is 14.7 Å². The molecule has 0 aromatic carbocycles. The second kappa shape index (κ2) is 5.64. The van der Waals surface area contributed by atoms with Gasteiger partial charge in [0.25, 0.3) is 0 Å².